The predicted molar refractivity (Wildman–Crippen MR) is 47.6 cm³/mol. The Morgan fingerprint density at radius 2 is 1.86 bits per heavy atom. The van der Waals surface area contributed by atoms with Crippen molar-refractivity contribution in [2.75, 3.05) is 6.61 Å². The molecule has 0 saturated carbocycles. The minimum absolute atomic E-state index is 0.340. The van der Waals surface area contributed by atoms with Crippen LogP contribution in [-0.4, -0.2) is 18.7 Å². The Kier molecular flexibility index (Phi) is 3.49. The van der Waals surface area contributed by atoms with E-state index in [9.17, 15) is 9.59 Å². The molecule has 5 heteroatoms. The third-order valence-corrected chi connectivity index (χ3v) is 1.31. The number of para-hydroxylation sites is 1. The van der Waals surface area contributed by atoms with Crippen molar-refractivity contribution < 1.29 is 19.1 Å². The fourth-order valence-corrected chi connectivity index (χ4v) is 0.801. The number of hydrogen-bond donors (Lipinski definition) is 1. The molecule has 0 aliphatic carbocycles. The van der Waals surface area contributed by atoms with Gasteiger partial charge in [0.2, 0.25) is 0 Å². The Bertz CT molecular complexity index is 323. The standard InChI is InChI=1S/C9H9NO4/c10-9(12)14-8(11)6-13-7-4-2-1-3-5-7/h1-5H,6H2,(H2,10,12). The van der Waals surface area contributed by atoms with Gasteiger partial charge in [-0.2, -0.15) is 0 Å². The Morgan fingerprint density at radius 3 is 2.43 bits per heavy atom. The Hall–Kier alpha value is -2.04. The first-order valence-corrected chi connectivity index (χ1v) is 3.86. The van der Waals surface area contributed by atoms with Crippen LogP contribution in [0.1, 0.15) is 0 Å². The average molecular weight is 195 g/mol. The second-order valence-electron chi connectivity index (χ2n) is 2.39. The molecule has 2 N–H and O–H groups in total. The third-order valence-electron chi connectivity index (χ3n) is 1.31. The van der Waals surface area contributed by atoms with Gasteiger partial charge < -0.3 is 15.2 Å². The summed E-state index contributed by atoms with van der Waals surface area (Å²) in [4.78, 5) is 20.9. The molecular formula is C9H9NO4. The van der Waals surface area contributed by atoms with Crippen LogP contribution in [0.3, 0.4) is 0 Å². The van der Waals surface area contributed by atoms with Gasteiger partial charge in [-0.1, -0.05) is 18.2 Å². The van der Waals surface area contributed by atoms with Crippen molar-refractivity contribution in [1.29, 1.82) is 0 Å². The number of rotatable bonds is 3. The van der Waals surface area contributed by atoms with Crippen LogP contribution in [0.5, 0.6) is 5.75 Å². The smallest absolute Gasteiger partial charge is 0.412 e. The van der Waals surface area contributed by atoms with Crippen molar-refractivity contribution in [2.45, 2.75) is 0 Å². The molecule has 0 fully saturated rings. The van der Waals surface area contributed by atoms with Crippen molar-refractivity contribution in [1.82, 2.24) is 0 Å². The van der Waals surface area contributed by atoms with Crippen LogP contribution >= 0.6 is 0 Å². The summed E-state index contributed by atoms with van der Waals surface area (Å²) < 4.78 is 9.03. The highest BCUT2D eigenvalue weighted by atomic mass is 16.6. The van der Waals surface area contributed by atoms with Gasteiger partial charge in [0, 0.05) is 0 Å². The first kappa shape index (κ1) is 10.0. The van der Waals surface area contributed by atoms with Gasteiger partial charge >= 0.3 is 12.1 Å². The number of esters is 1. The molecule has 0 heterocycles. The second-order valence-corrected chi connectivity index (χ2v) is 2.39. The molecule has 0 radical (unpaired) electrons. The largest absolute Gasteiger partial charge is 0.482 e. The zero-order valence-electron chi connectivity index (χ0n) is 7.30. The molecule has 0 aliphatic heterocycles. The quantitative estimate of drug-likeness (QED) is 0.568. The molecule has 0 bridgehead atoms. The summed E-state index contributed by atoms with van der Waals surface area (Å²) in [6.45, 7) is -0.340. The fourth-order valence-electron chi connectivity index (χ4n) is 0.801. The molecule has 5 nitrogen and oxygen atoms in total. The van der Waals surface area contributed by atoms with E-state index in [1.165, 1.54) is 0 Å². The summed E-state index contributed by atoms with van der Waals surface area (Å²) in [6, 6.07) is 8.69. The number of nitrogens with two attached hydrogens (primary N) is 1. The van der Waals surface area contributed by atoms with Crippen molar-refractivity contribution in [3.63, 3.8) is 0 Å². The van der Waals surface area contributed by atoms with E-state index in [1.54, 1.807) is 24.3 Å². The van der Waals surface area contributed by atoms with E-state index in [0.717, 1.165) is 0 Å². The zero-order valence-corrected chi connectivity index (χ0v) is 7.30. The minimum atomic E-state index is -1.13. The summed E-state index contributed by atoms with van der Waals surface area (Å²) in [7, 11) is 0. The summed E-state index contributed by atoms with van der Waals surface area (Å²) in [5.41, 5.74) is 4.62. The summed E-state index contributed by atoms with van der Waals surface area (Å²) in [5.74, 6) is -0.296. The molecule has 1 aromatic carbocycles. The second kappa shape index (κ2) is 4.86. The van der Waals surface area contributed by atoms with E-state index in [2.05, 4.69) is 10.5 Å². The number of ether oxygens (including phenoxy) is 2. The van der Waals surface area contributed by atoms with Crippen molar-refractivity contribution in [2.24, 2.45) is 5.73 Å². The van der Waals surface area contributed by atoms with E-state index >= 15 is 0 Å². The molecule has 0 unspecified atom stereocenters. The van der Waals surface area contributed by atoms with Gasteiger partial charge in [0.05, 0.1) is 0 Å². The number of amides is 1. The highest BCUT2D eigenvalue weighted by Crippen LogP contribution is 2.07. The lowest BCUT2D eigenvalue weighted by molar-refractivity contribution is -0.139. The fraction of sp³-hybridized carbons (Fsp3) is 0.111. The molecule has 74 valence electrons. The molecule has 0 aromatic heterocycles. The van der Waals surface area contributed by atoms with Crippen LogP contribution in [0.2, 0.25) is 0 Å². The molecule has 1 amide bonds. The van der Waals surface area contributed by atoms with Crippen molar-refractivity contribution in [3.05, 3.63) is 30.3 Å². The van der Waals surface area contributed by atoms with E-state index in [1.807, 2.05) is 6.07 Å². The van der Waals surface area contributed by atoms with Crippen LogP contribution in [0, 0.1) is 0 Å². The minimum Gasteiger partial charge on any atom is -0.482 e. The Balaban J connectivity index is 2.34. The maximum absolute atomic E-state index is 10.8. The number of primary amides is 1. The van der Waals surface area contributed by atoms with Crippen LogP contribution in [0.4, 0.5) is 4.79 Å². The van der Waals surface area contributed by atoms with Crippen molar-refractivity contribution in [3.8, 4) is 5.75 Å². The van der Waals surface area contributed by atoms with Gasteiger partial charge in [-0.15, -0.1) is 0 Å². The normalized spacial score (nSPS) is 9.14. The lowest BCUT2D eigenvalue weighted by Gasteiger charge is -2.03. The van der Waals surface area contributed by atoms with Crippen molar-refractivity contribution >= 4 is 12.1 Å². The van der Waals surface area contributed by atoms with Gasteiger partial charge in [0.1, 0.15) is 5.75 Å². The molecule has 0 spiro atoms. The monoisotopic (exact) mass is 195 g/mol. The molecule has 0 saturated heterocycles. The van der Waals surface area contributed by atoms with Gasteiger partial charge in [-0.25, -0.2) is 9.59 Å². The van der Waals surface area contributed by atoms with Gasteiger partial charge in [-0.3, -0.25) is 0 Å². The highest BCUT2D eigenvalue weighted by Gasteiger charge is 2.06. The molecule has 0 aliphatic rings. The molecule has 0 atom stereocenters. The number of carbonyl (C=O) groups excluding carboxylic acids is 2. The number of hydrogen-bond acceptors (Lipinski definition) is 4. The van der Waals surface area contributed by atoms with Crippen LogP contribution in [-0.2, 0) is 9.53 Å². The maximum Gasteiger partial charge on any atom is 0.412 e. The van der Waals surface area contributed by atoms with Gasteiger partial charge in [0.25, 0.3) is 0 Å². The van der Waals surface area contributed by atoms with Gasteiger partial charge in [0.15, 0.2) is 6.61 Å². The van der Waals surface area contributed by atoms with E-state index in [0.29, 0.717) is 5.75 Å². The highest BCUT2D eigenvalue weighted by molar-refractivity contribution is 5.84. The Labute approximate surface area is 80.4 Å². The average Bonchev–Trinajstić information content (AvgIpc) is 2.15. The summed E-state index contributed by atoms with van der Waals surface area (Å²) >= 11 is 0. The topological polar surface area (TPSA) is 78.6 Å². The van der Waals surface area contributed by atoms with Crippen LogP contribution in [0.25, 0.3) is 0 Å². The summed E-state index contributed by atoms with van der Waals surface area (Å²) in [5, 5.41) is 0. The van der Waals surface area contributed by atoms with E-state index < -0.39 is 12.1 Å². The van der Waals surface area contributed by atoms with Gasteiger partial charge in [-0.05, 0) is 12.1 Å². The maximum atomic E-state index is 10.8. The third kappa shape index (κ3) is 3.57. The SMILES string of the molecule is NC(=O)OC(=O)COc1ccccc1. The van der Waals surface area contributed by atoms with E-state index in [-0.39, 0.29) is 6.61 Å². The molecule has 1 aromatic rings. The molecule has 1 rings (SSSR count). The first-order valence-electron chi connectivity index (χ1n) is 3.86. The lowest BCUT2D eigenvalue weighted by Crippen LogP contribution is -2.22. The molecule has 14 heavy (non-hydrogen) atoms. The van der Waals surface area contributed by atoms with Crippen LogP contribution < -0.4 is 10.5 Å². The Morgan fingerprint density at radius 1 is 1.21 bits per heavy atom. The molecular weight excluding hydrogens is 186 g/mol. The number of benzene rings is 1. The van der Waals surface area contributed by atoms with Crippen LogP contribution in [0.15, 0.2) is 30.3 Å². The van der Waals surface area contributed by atoms with E-state index in [4.69, 9.17) is 4.74 Å². The first-order chi connectivity index (χ1) is 6.68. The predicted octanol–water partition coefficient (Wildman–Crippen LogP) is 0.687. The zero-order chi connectivity index (χ0) is 10.4. The number of carbonyl (C=O) groups is 2. The lowest BCUT2D eigenvalue weighted by atomic mass is 10.3. The summed E-state index contributed by atoms with van der Waals surface area (Å²) in [6.07, 6.45) is -1.13.